The van der Waals surface area contributed by atoms with E-state index in [1.807, 2.05) is 0 Å². The molecule has 0 unspecified atom stereocenters. The van der Waals surface area contributed by atoms with E-state index in [9.17, 15) is 9.59 Å². The van der Waals surface area contributed by atoms with Crippen LogP contribution in [0.2, 0.25) is 0 Å². The fraction of sp³-hybridized carbons (Fsp3) is 0.667. The summed E-state index contributed by atoms with van der Waals surface area (Å²) >= 11 is 0. The molecule has 0 bridgehead atoms. The van der Waals surface area contributed by atoms with Crippen LogP contribution >= 0.6 is 0 Å². The predicted octanol–water partition coefficient (Wildman–Crippen LogP) is -0.756. The summed E-state index contributed by atoms with van der Waals surface area (Å²) in [5, 5.41) is 2.37. The highest BCUT2D eigenvalue weighted by atomic mass is 16.2. The van der Waals surface area contributed by atoms with Gasteiger partial charge in [-0.2, -0.15) is 0 Å². The molecule has 0 fully saturated rings. The molecule has 0 aliphatic heterocycles. The van der Waals surface area contributed by atoms with E-state index in [1.54, 1.807) is 13.8 Å². The molecule has 0 saturated carbocycles. The first-order chi connectivity index (χ1) is 4.54. The molecule has 2 amide bonds. The molecule has 3 N–H and O–H groups in total. The monoisotopic (exact) mass is 144 g/mol. The van der Waals surface area contributed by atoms with Crippen LogP contribution in [0.4, 0.5) is 0 Å². The molecule has 0 aliphatic rings. The fourth-order valence-electron chi connectivity index (χ4n) is 0.378. The summed E-state index contributed by atoms with van der Waals surface area (Å²) in [7, 11) is 0. The van der Waals surface area contributed by atoms with Crippen LogP contribution in [0.3, 0.4) is 0 Å². The second-order valence-electron chi connectivity index (χ2n) is 2.34. The Labute approximate surface area is 59.8 Å². The van der Waals surface area contributed by atoms with Gasteiger partial charge in [-0.15, -0.1) is 0 Å². The van der Waals surface area contributed by atoms with Crippen LogP contribution in [0.5, 0.6) is 0 Å². The third-order valence-corrected chi connectivity index (χ3v) is 0.961. The molecule has 10 heavy (non-hydrogen) atoms. The van der Waals surface area contributed by atoms with E-state index in [1.165, 1.54) is 0 Å². The highest BCUT2D eigenvalue weighted by Gasteiger charge is 2.05. The maximum atomic E-state index is 10.7. The van der Waals surface area contributed by atoms with E-state index in [4.69, 9.17) is 5.73 Å². The van der Waals surface area contributed by atoms with Crippen molar-refractivity contribution in [1.82, 2.24) is 5.32 Å². The Kier molecular flexibility index (Phi) is 3.46. The molecule has 0 saturated heterocycles. The van der Waals surface area contributed by atoms with Crippen molar-refractivity contribution in [2.75, 3.05) is 6.54 Å². The summed E-state index contributed by atoms with van der Waals surface area (Å²) in [5.74, 6) is -0.771. The number of amides is 2. The van der Waals surface area contributed by atoms with Crippen molar-refractivity contribution in [3.8, 4) is 0 Å². The van der Waals surface area contributed by atoms with E-state index in [2.05, 4.69) is 5.32 Å². The van der Waals surface area contributed by atoms with Gasteiger partial charge in [-0.1, -0.05) is 13.8 Å². The quantitative estimate of drug-likeness (QED) is 0.546. The molecular weight excluding hydrogens is 132 g/mol. The molecule has 58 valence electrons. The summed E-state index contributed by atoms with van der Waals surface area (Å²) in [6.07, 6.45) is 0. The predicted molar refractivity (Wildman–Crippen MR) is 37.0 cm³/mol. The minimum Gasteiger partial charge on any atom is -0.368 e. The highest BCUT2D eigenvalue weighted by Crippen LogP contribution is 1.88. The Hall–Kier alpha value is -1.06. The number of carbonyl (C=O) groups excluding carboxylic acids is 2. The Morgan fingerprint density at radius 3 is 2.30 bits per heavy atom. The molecule has 0 rings (SSSR count). The van der Waals surface area contributed by atoms with E-state index < -0.39 is 5.91 Å². The number of nitrogens with two attached hydrogens (primary N) is 1. The van der Waals surface area contributed by atoms with E-state index >= 15 is 0 Å². The van der Waals surface area contributed by atoms with Crippen molar-refractivity contribution in [2.45, 2.75) is 13.8 Å². The van der Waals surface area contributed by atoms with Gasteiger partial charge in [0.2, 0.25) is 11.8 Å². The van der Waals surface area contributed by atoms with Crippen molar-refractivity contribution in [3.63, 3.8) is 0 Å². The molecular formula is C6H12N2O2. The Morgan fingerprint density at radius 1 is 1.50 bits per heavy atom. The summed E-state index contributed by atoms with van der Waals surface area (Å²) in [6.45, 7) is 3.42. The number of rotatable bonds is 3. The minimum absolute atomic E-state index is 0.0724. The molecule has 0 aromatic carbocycles. The van der Waals surface area contributed by atoms with Crippen molar-refractivity contribution >= 4 is 11.8 Å². The van der Waals surface area contributed by atoms with Gasteiger partial charge in [0.05, 0.1) is 6.54 Å². The van der Waals surface area contributed by atoms with Crippen molar-refractivity contribution in [2.24, 2.45) is 11.7 Å². The Bertz CT molecular complexity index is 143. The molecule has 0 radical (unpaired) electrons. The standard InChI is InChI=1S/C6H12N2O2/c1-4(2)6(10)8-3-5(7)9/h4H,3H2,1-2H3,(H2,7,9)(H,8,10). The first-order valence-corrected chi connectivity index (χ1v) is 3.10. The van der Waals surface area contributed by atoms with Gasteiger partial charge in [-0.05, 0) is 0 Å². The lowest BCUT2D eigenvalue weighted by Crippen LogP contribution is -2.35. The Morgan fingerprint density at radius 2 is 2.00 bits per heavy atom. The first kappa shape index (κ1) is 8.94. The molecule has 0 aliphatic carbocycles. The number of hydrogen-bond donors (Lipinski definition) is 2. The normalized spacial score (nSPS) is 9.50. The SMILES string of the molecule is CC(C)C(=O)NCC(N)=O. The maximum absolute atomic E-state index is 10.7. The molecule has 0 atom stereocenters. The van der Waals surface area contributed by atoms with Crippen LogP contribution in [0, 0.1) is 5.92 Å². The van der Waals surface area contributed by atoms with Gasteiger partial charge in [0, 0.05) is 5.92 Å². The second-order valence-corrected chi connectivity index (χ2v) is 2.34. The Balaban J connectivity index is 3.50. The van der Waals surface area contributed by atoms with E-state index in [0.717, 1.165) is 0 Å². The van der Waals surface area contributed by atoms with Crippen LogP contribution in [0.15, 0.2) is 0 Å². The topological polar surface area (TPSA) is 72.2 Å². The first-order valence-electron chi connectivity index (χ1n) is 3.10. The third-order valence-electron chi connectivity index (χ3n) is 0.961. The largest absolute Gasteiger partial charge is 0.368 e. The zero-order valence-electron chi connectivity index (χ0n) is 6.18. The third kappa shape index (κ3) is 3.88. The number of nitrogens with one attached hydrogen (secondary N) is 1. The molecule has 0 aromatic rings. The smallest absolute Gasteiger partial charge is 0.236 e. The van der Waals surface area contributed by atoms with Gasteiger partial charge < -0.3 is 11.1 Å². The lowest BCUT2D eigenvalue weighted by atomic mass is 10.2. The van der Waals surface area contributed by atoms with Gasteiger partial charge in [0.1, 0.15) is 0 Å². The zero-order valence-corrected chi connectivity index (χ0v) is 6.18. The molecule has 4 heteroatoms. The minimum atomic E-state index is -0.519. The van der Waals surface area contributed by atoms with Gasteiger partial charge in [-0.25, -0.2) is 0 Å². The summed E-state index contributed by atoms with van der Waals surface area (Å²) in [5.41, 5.74) is 4.79. The number of primary amides is 1. The molecule has 0 heterocycles. The van der Waals surface area contributed by atoms with Crippen LogP contribution in [0.1, 0.15) is 13.8 Å². The lowest BCUT2D eigenvalue weighted by Gasteiger charge is -2.03. The van der Waals surface area contributed by atoms with E-state index in [-0.39, 0.29) is 18.4 Å². The zero-order chi connectivity index (χ0) is 8.15. The second kappa shape index (κ2) is 3.87. The van der Waals surface area contributed by atoms with Gasteiger partial charge in [0.15, 0.2) is 0 Å². The summed E-state index contributed by atoms with van der Waals surface area (Å²) in [6, 6.07) is 0. The van der Waals surface area contributed by atoms with Crippen LogP contribution in [-0.4, -0.2) is 18.4 Å². The fourth-order valence-corrected chi connectivity index (χ4v) is 0.378. The van der Waals surface area contributed by atoms with Crippen molar-refractivity contribution in [3.05, 3.63) is 0 Å². The average Bonchev–Trinajstić information content (AvgIpc) is 1.82. The van der Waals surface area contributed by atoms with Crippen LogP contribution in [-0.2, 0) is 9.59 Å². The van der Waals surface area contributed by atoms with E-state index in [0.29, 0.717) is 0 Å². The van der Waals surface area contributed by atoms with Crippen LogP contribution in [0.25, 0.3) is 0 Å². The van der Waals surface area contributed by atoms with Crippen molar-refractivity contribution < 1.29 is 9.59 Å². The molecule has 0 spiro atoms. The highest BCUT2D eigenvalue weighted by molar-refractivity contribution is 5.84. The summed E-state index contributed by atoms with van der Waals surface area (Å²) < 4.78 is 0. The number of carbonyl (C=O) groups is 2. The van der Waals surface area contributed by atoms with Gasteiger partial charge in [-0.3, -0.25) is 9.59 Å². The van der Waals surface area contributed by atoms with Crippen LogP contribution < -0.4 is 11.1 Å². The molecule has 4 nitrogen and oxygen atoms in total. The average molecular weight is 144 g/mol. The lowest BCUT2D eigenvalue weighted by molar-refractivity contribution is -0.126. The van der Waals surface area contributed by atoms with Gasteiger partial charge in [0.25, 0.3) is 0 Å². The maximum Gasteiger partial charge on any atom is 0.236 e. The molecule has 0 aromatic heterocycles. The van der Waals surface area contributed by atoms with Crippen molar-refractivity contribution in [1.29, 1.82) is 0 Å². The van der Waals surface area contributed by atoms with Gasteiger partial charge >= 0.3 is 0 Å². The number of hydrogen-bond acceptors (Lipinski definition) is 2. The summed E-state index contributed by atoms with van der Waals surface area (Å²) in [4.78, 5) is 20.9.